The number of esters is 1. The van der Waals surface area contributed by atoms with E-state index in [0.29, 0.717) is 11.4 Å². The molecule has 0 unspecified atom stereocenters. The van der Waals surface area contributed by atoms with E-state index in [9.17, 15) is 14.4 Å². The Hall–Kier alpha value is -2.67. The van der Waals surface area contributed by atoms with Crippen molar-refractivity contribution in [2.45, 2.75) is 13.3 Å². The van der Waals surface area contributed by atoms with Crippen LogP contribution in [0.1, 0.15) is 11.8 Å². The van der Waals surface area contributed by atoms with E-state index in [1.54, 1.807) is 24.3 Å². The minimum Gasteiger partial charge on any atom is -0.455 e. The van der Waals surface area contributed by atoms with Crippen molar-refractivity contribution in [3.05, 3.63) is 46.7 Å². The maximum absolute atomic E-state index is 11.7. The van der Waals surface area contributed by atoms with Crippen LogP contribution in [0, 0.1) is 0 Å². The highest BCUT2D eigenvalue weighted by atomic mass is 32.1. The third kappa shape index (κ3) is 5.91. The highest BCUT2D eigenvalue weighted by Crippen LogP contribution is 2.13. The zero-order valence-corrected chi connectivity index (χ0v) is 13.3. The van der Waals surface area contributed by atoms with Crippen molar-refractivity contribution in [3.8, 4) is 0 Å². The van der Waals surface area contributed by atoms with Crippen molar-refractivity contribution in [1.29, 1.82) is 0 Å². The molecule has 7 heteroatoms. The minimum absolute atomic E-state index is 0.163. The van der Waals surface area contributed by atoms with Crippen molar-refractivity contribution in [2.75, 3.05) is 17.2 Å². The molecular weight excluding hydrogens is 316 g/mol. The fourth-order valence-corrected chi connectivity index (χ4v) is 2.48. The highest BCUT2D eigenvalue weighted by molar-refractivity contribution is 7.10. The first-order chi connectivity index (χ1) is 11.0. The molecule has 0 spiro atoms. The van der Waals surface area contributed by atoms with E-state index in [0.717, 1.165) is 4.88 Å². The molecule has 120 valence electrons. The Morgan fingerprint density at radius 3 is 2.26 bits per heavy atom. The molecule has 23 heavy (non-hydrogen) atoms. The standard InChI is InChI=1S/C16H16N2O4S/c1-11(19)17-12-4-6-13(7-5-12)18-15(20)10-22-16(21)9-14-3-2-8-23-14/h2-8H,9-10H2,1H3,(H,17,19)(H,18,20). The average Bonchev–Trinajstić information content (AvgIpc) is 2.99. The zero-order chi connectivity index (χ0) is 16.7. The molecule has 2 amide bonds. The molecule has 6 nitrogen and oxygen atoms in total. The second kappa shape index (κ2) is 8.09. The molecule has 0 fully saturated rings. The van der Waals surface area contributed by atoms with Gasteiger partial charge in [-0.15, -0.1) is 11.3 Å². The first-order valence-corrected chi connectivity index (χ1v) is 7.76. The van der Waals surface area contributed by atoms with E-state index in [4.69, 9.17) is 4.74 Å². The van der Waals surface area contributed by atoms with Crippen molar-refractivity contribution in [3.63, 3.8) is 0 Å². The molecule has 0 bridgehead atoms. The molecule has 0 radical (unpaired) electrons. The van der Waals surface area contributed by atoms with E-state index in [2.05, 4.69) is 10.6 Å². The number of nitrogens with one attached hydrogen (secondary N) is 2. The van der Waals surface area contributed by atoms with Crippen LogP contribution < -0.4 is 10.6 Å². The lowest BCUT2D eigenvalue weighted by atomic mass is 10.2. The average molecular weight is 332 g/mol. The van der Waals surface area contributed by atoms with Gasteiger partial charge in [-0.25, -0.2) is 0 Å². The Bertz CT molecular complexity index is 681. The van der Waals surface area contributed by atoms with Crippen molar-refractivity contribution >= 4 is 40.5 Å². The summed E-state index contributed by atoms with van der Waals surface area (Å²) in [5.74, 6) is -1.03. The number of hydrogen-bond donors (Lipinski definition) is 2. The summed E-state index contributed by atoms with van der Waals surface area (Å²) in [5.41, 5.74) is 1.19. The number of carbonyl (C=O) groups excluding carboxylic acids is 3. The van der Waals surface area contributed by atoms with E-state index in [1.165, 1.54) is 18.3 Å². The molecule has 1 heterocycles. The molecule has 0 saturated carbocycles. The summed E-state index contributed by atoms with van der Waals surface area (Å²) in [4.78, 5) is 35.1. The number of hydrogen-bond acceptors (Lipinski definition) is 5. The van der Waals surface area contributed by atoms with Crippen LogP contribution >= 0.6 is 11.3 Å². The lowest BCUT2D eigenvalue weighted by molar-refractivity contribution is -0.146. The summed E-state index contributed by atoms with van der Waals surface area (Å²) in [6.45, 7) is 1.08. The van der Waals surface area contributed by atoms with Crippen molar-refractivity contribution in [1.82, 2.24) is 0 Å². The fraction of sp³-hybridized carbons (Fsp3) is 0.188. The Labute approximate surface area is 137 Å². The summed E-state index contributed by atoms with van der Waals surface area (Å²) in [7, 11) is 0. The molecule has 0 aliphatic rings. The van der Waals surface area contributed by atoms with Crippen LogP contribution in [0.3, 0.4) is 0 Å². The molecule has 0 aliphatic carbocycles. The number of anilines is 2. The van der Waals surface area contributed by atoms with Gasteiger partial charge in [-0.3, -0.25) is 14.4 Å². The third-order valence-corrected chi connectivity index (χ3v) is 3.63. The van der Waals surface area contributed by atoms with Gasteiger partial charge in [0.1, 0.15) is 0 Å². The zero-order valence-electron chi connectivity index (χ0n) is 12.5. The van der Waals surface area contributed by atoms with Gasteiger partial charge in [0.25, 0.3) is 5.91 Å². The number of thiophene rings is 1. The van der Waals surface area contributed by atoms with Gasteiger partial charge in [0.2, 0.25) is 5.91 Å². The number of carbonyl (C=O) groups is 3. The first-order valence-electron chi connectivity index (χ1n) is 6.88. The van der Waals surface area contributed by atoms with E-state index in [-0.39, 0.29) is 18.9 Å². The van der Waals surface area contributed by atoms with E-state index < -0.39 is 11.9 Å². The summed E-state index contributed by atoms with van der Waals surface area (Å²) in [6, 6.07) is 10.3. The summed E-state index contributed by atoms with van der Waals surface area (Å²) in [6.07, 6.45) is 0.163. The molecule has 2 N–H and O–H groups in total. The molecule has 0 aliphatic heterocycles. The van der Waals surface area contributed by atoms with Crippen LogP contribution in [0.15, 0.2) is 41.8 Å². The summed E-state index contributed by atoms with van der Waals surface area (Å²) >= 11 is 1.46. The van der Waals surface area contributed by atoms with Gasteiger partial charge in [-0.05, 0) is 35.7 Å². The molecule has 1 aromatic carbocycles. The highest BCUT2D eigenvalue weighted by Gasteiger charge is 2.09. The van der Waals surface area contributed by atoms with Gasteiger partial charge in [-0.2, -0.15) is 0 Å². The molecular formula is C16H16N2O4S. The quantitative estimate of drug-likeness (QED) is 0.796. The van der Waals surface area contributed by atoms with Gasteiger partial charge in [0, 0.05) is 23.2 Å². The van der Waals surface area contributed by atoms with Crippen LogP contribution in [-0.2, 0) is 25.5 Å². The SMILES string of the molecule is CC(=O)Nc1ccc(NC(=O)COC(=O)Cc2cccs2)cc1. The second-order valence-electron chi connectivity index (χ2n) is 4.72. The fourth-order valence-electron chi connectivity index (χ4n) is 1.79. The van der Waals surface area contributed by atoms with Gasteiger partial charge < -0.3 is 15.4 Å². The topological polar surface area (TPSA) is 84.5 Å². The van der Waals surface area contributed by atoms with Crippen LogP contribution in [0.4, 0.5) is 11.4 Å². The predicted octanol–water partition coefficient (Wildman–Crippen LogP) is 2.43. The number of amides is 2. The number of ether oxygens (including phenoxy) is 1. The van der Waals surface area contributed by atoms with Crippen molar-refractivity contribution in [2.24, 2.45) is 0 Å². The second-order valence-corrected chi connectivity index (χ2v) is 5.76. The Morgan fingerprint density at radius 2 is 1.70 bits per heavy atom. The number of benzene rings is 1. The normalized spacial score (nSPS) is 9.96. The monoisotopic (exact) mass is 332 g/mol. The maximum Gasteiger partial charge on any atom is 0.311 e. The first kappa shape index (κ1) is 16.7. The molecule has 0 atom stereocenters. The minimum atomic E-state index is -0.441. The largest absolute Gasteiger partial charge is 0.455 e. The van der Waals surface area contributed by atoms with Gasteiger partial charge in [0.05, 0.1) is 6.42 Å². The number of rotatable bonds is 6. The Balaban J connectivity index is 1.75. The molecule has 0 saturated heterocycles. The smallest absolute Gasteiger partial charge is 0.311 e. The summed E-state index contributed by atoms with van der Waals surface area (Å²) in [5, 5.41) is 7.11. The van der Waals surface area contributed by atoms with Crippen LogP contribution in [0.25, 0.3) is 0 Å². The van der Waals surface area contributed by atoms with E-state index >= 15 is 0 Å². The van der Waals surface area contributed by atoms with Crippen LogP contribution in [-0.4, -0.2) is 24.4 Å². The lowest BCUT2D eigenvalue weighted by Gasteiger charge is -2.07. The van der Waals surface area contributed by atoms with Crippen LogP contribution in [0.2, 0.25) is 0 Å². The molecule has 2 rings (SSSR count). The van der Waals surface area contributed by atoms with E-state index in [1.807, 2.05) is 17.5 Å². The summed E-state index contributed by atoms with van der Waals surface area (Å²) < 4.78 is 4.92. The molecule has 1 aromatic heterocycles. The lowest BCUT2D eigenvalue weighted by Crippen LogP contribution is -2.21. The van der Waals surface area contributed by atoms with Gasteiger partial charge >= 0.3 is 5.97 Å². The van der Waals surface area contributed by atoms with Crippen LogP contribution in [0.5, 0.6) is 0 Å². The van der Waals surface area contributed by atoms with Gasteiger partial charge in [0.15, 0.2) is 6.61 Å². The Morgan fingerprint density at radius 1 is 1.04 bits per heavy atom. The molecule has 2 aromatic rings. The predicted molar refractivity (Wildman–Crippen MR) is 88.4 cm³/mol. The van der Waals surface area contributed by atoms with Crippen molar-refractivity contribution < 1.29 is 19.1 Å². The maximum atomic E-state index is 11.7. The Kier molecular flexibility index (Phi) is 5.87. The third-order valence-electron chi connectivity index (χ3n) is 2.75. The van der Waals surface area contributed by atoms with Gasteiger partial charge in [-0.1, -0.05) is 6.07 Å².